The zero-order chi connectivity index (χ0) is 13.7. The van der Waals surface area contributed by atoms with Gasteiger partial charge < -0.3 is 14.6 Å². The molecule has 1 aromatic heterocycles. The molecule has 0 saturated carbocycles. The largest absolute Gasteiger partial charge is 0.447 e. The average Bonchev–Trinajstić information content (AvgIpc) is 2.91. The fourth-order valence-electron chi connectivity index (χ4n) is 1.59. The molecule has 0 aliphatic heterocycles. The van der Waals surface area contributed by atoms with Crippen molar-refractivity contribution in [2.75, 3.05) is 19.4 Å². The zero-order valence-corrected chi connectivity index (χ0v) is 11.1. The normalized spacial score (nSPS) is 10.2. The van der Waals surface area contributed by atoms with E-state index in [9.17, 15) is 4.79 Å². The molecule has 0 aliphatic rings. The Morgan fingerprint density at radius 3 is 2.63 bits per heavy atom. The van der Waals surface area contributed by atoms with Gasteiger partial charge in [-0.1, -0.05) is 12.1 Å². The van der Waals surface area contributed by atoms with Crippen LogP contribution < -0.4 is 5.32 Å². The third-order valence-corrected chi connectivity index (χ3v) is 2.76. The first kappa shape index (κ1) is 13.1. The second kappa shape index (κ2) is 6.04. The number of benzene rings is 1. The van der Waals surface area contributed by atoms with Crippen LogP contribution in [0.15, 0.2) is 41.3 Å². The molecule has 0 aliphatic carbocycles. The number of nitrogens with zero attached hydrogens (tertiary/aromatic N) is 2. The molecule has 0 unspecified atom stereocenters. The maximum atomic E-state index is 11.6. The molecule has 2 rings (SSSR count). The van der Waals surface area contributed by atoms with Gasteiger partial charge in [0, 0.05) is 19.8 Å². The van der Waals surface area contributed by atoms with Gasteiger partial charge in [0.2, 0.25) is 5.91 Å². The predicted molar refractivity (Wildman–Crippen MR) is 72.7 cm³/mol. The summed E-state index contributed by atoms with van der Waals surface area (Å²) in [6.45, 7) is 0.593. The lowest BCUT2D eigenvalue weighted by atomic mass is 10.1. The minimum absolute atomic E-state index is 0.0994. The first-order valence-corrected chi connectivity index (χ1v) is 6.05. The maximum absolute atomic E-state index is 11.6. The summed E-state index contributed by atoms with van der Waals surface area (Å²) >= 11 is 0. The van der Waals surface area contributed by atoms with Gasteiger partial charge in [0.15, 0.2) is 6.39 Å². The fourth-order valence-corrected chi connectivity index (χ4v) is 1.59. The van der Waals surface area contributed by atoms with Gasteiger partial charge in [-0.3, -0.25) is 4.79 Å². The molecular weight excluding hydrogens is 242 g/mol. The number of carbonyl (C=O) groups excluding carboxylic acids is 1. The van der Waals surface area contributed by atoms with Gasteiger partial charge in [-0.25, -0.2) is 4.98 Å². The van der Waals surface area contributed by atoms with Crippen molar-refractivity contribution >= 4 is 11.6 Å². The number of hydrogen-bond acceptors (Lipinski definition) is 4. The zero-order valence-electron chi connectivity index (χ0n) is 11.1. The van der Waals surface area contributed by atoms with Gasteiger partial charge in [-0.15, -0.1) is 0 Å². The fraction of sp³-hybridized carbons (Fsp3) is 0.286. The first-order valence-electron chi connectivity index (χ1n) is 6.05. The Labute approximate surface area is 112 Å². The smallest absolute Gasteiger partial charge is 0.226 e. The van der Waals surface area contributed by atoms with E-state index in [1.54, 1.807) is 25.2 Å². The highest BCUT2D eigenvalue weighted by atomic mass is 16.3. The summed E-state index contributed by atoms with van der Waals surface area (Å²) in [6, 6.07) is 7.80. The summed E-state index contributed by atoms with van der Waals surface area (Å²) in [4.78, 5) is 17.0. The Bertz CT molecular complexity index is 518. The molecule has 5 nitrogen and oxygen atoms in total. The van der Waals surface area contributed by atoms with E-state index in [-0.39, 0.29) is 5.91 Å². The highest BCUT2D eigenvalue weighted by Crippen LogP contribution is 2.12. The quantitative estimate of drug-likeness (QED) is 0.891. The van der Waals surface area contributed by atoms with Crippen LogP contribution in [0, 0.1) is 0 Å². The number of likely N-dealkylation sites (N-methyl/N-ethyl adjacent to an activating group) is 1. The third-order valence-electron chi connectivity index (χ3n) is 2.76. The van der Waals surface area contributed by atoms with Crippen molar-refractivity contribution in [2.24, 2.45) is 0 Å². The number of carbonyl (C=O) groups is 1. The average molecular weight is 259 g/mol. The van der Waals surface area contributed by atoms with Gasteiger partial charge in [0.1, 0.15) is 5.76 Å². The van der Waals surface area contributed by atoms with Crippen LogP contribution in [0.5, 0.6) is 0 Å². The lowest BCUT2D eigenvalue weighted by Gasteiger charge is -2.10. The molecular formula is C14H17N3O2. The van der Waals surface area contributed by atoms with Gasteiger partial charge in [0.05, 0.1) is 19.2 Å². The van der Waals surface area contributed by atoms with Crippen molar-refractivity contribution in [1.29, 1.82) is 0 Å². The van der Waals surface area contributed by atoms with Crippen LogP contribution in [0.3, 0.4) is 0 Å². The molecule has 1 heterocycles. The minimum atomic E-state index is 0.0994. The summed E-state index contributed by atoms with van der Waals surface area (Å²) in [6.07, 6.45) is 3.51. The summed E-state index contributed by atoms with van der Waals surface area (Å²) in [5.41, 5.74) is 1.99. The molecule has 1 amide bonds. The lowest BCUT2D eigenvalue weighted by molar-refractivity contribution is -0.127. The Morgan fingerprint density at radius 1 is 1.32 bits per heavy atom. The monoisotopic (exact) mass is 259 g/mol. The second-order valence-corrected chi connectivity index (χ2v) is 4.48. The number of anilines is 1. The van der Waals surface area contributed by atoms with Crippen molar-refractivity contribution < 1.29 is 9.21 Å². The summed E-state index contributed by atoms with van der Waals surface area (Å²) in [5.74, 6) is 0.884. The highest BCUT2D eigenvalue weighted by Gasteiger charge is 2.05. The van der Waals surface area contributed by atoms with E-state index in [2.05, 4.69) is 10.3 Å². The number of nitrogens with one attached hydrogen (secondary N) is 1. The Kier molecular flexibility index (Phi) is 4.18. The molecule has 0 spiro atoms. The first-order chi connectivity index (χ1) is 9.15. The van der Waals surface area contributed by atoms with E-state index in [0.717, 1.165) is 17.0 Å². The van der Waals surface area contributed by atoms with Crippen molar-refractivity contribution in [2.45, 2.75) is 13.0 Å². The van der Waals surface area contributed by atoms with E-state index in [1.165, 1.54) is 6.39 Å². The molecule has 0 fully saturated rings. The summed E-state index contributed by atoms with van der Waals surface area (Å²) < 4.78 is 5.13. The van der Waals surface area contributed by atoms with Crippen molar-refractivity contribution in [3.05, 3.63) is 48.2 Å². The number of rotatable bonds is 5. The SMILES string of the molecule is CN(C)C(=O)Cc1ccc(NCc2cnco2)cc1. The molecule has 0 atom stereocenters. The molecule has 1 N–H and O–H groups in total. The number of amides is 1. The van der Waals surface area contributed by atoms with Gasteiger partial charge in [0.25, 0.3) is 0 Å². The van der Waals surface area contributed by atoms with Crippen LogP contribution in [0.1, 0.15) is 11.3 Å². The molecule has 19 heavy (non-hydrogen) atoms. The third kappa shape index (κ3) is 3.84. The highest BCUT2D eigenvalue weighted by molar-refractivity contribution is 5.78. The van der Waals surface area contributed by atoms with Crippen LogP contribution in [0.25, 0.3) is 0 Å². The standard InChI is InChI=1S/C14H17N3O2/c1-17(2)14(18)7-11-3-5-12(6-4-11)16-9-13-8-15-10-19-13/h3-6,8,10,16H,7,9H2,1-2H3. The summed E-state index contributed by atoms with van der Waals surface area (Å²) in [5, 5.41) is 3.22. The molecule has 0 saturated heterocycles. The number of hydrogen-bond donors (Lipinski definition) is 1. The van der Waals surface area contributed by atoms with Crippen LogP contribution >= 0.6 is 0 Å². The van der Waals surface area contributed by atoms with Crippen molar-refractivity contribution in [1.82, 2.24) is 9.88 Å². The Hall–Kier alpha value is -2.30. The van der Waals surface area contributed by atoms with E-state index in [4.69, 9.17) is 4.42 Å². The van der Waals surface area contributed by atoms with E-state index >= 15 is 0 Å². The number of oxazole rings is 1. The molecule has 0 bridgehead atoms. The molecule has 0 radical (unpaired) electrons. The van der Waals surface area contributed by atoms with Crippen LogP contribution in [-0.2, 0) is 17.8 Å². The molecule has 5 heteroatoms. The van der Waals surface area contributed by atoms with Crippen LogP contribution in [-0.4, -0.2) is 29.9 Å². The molecule has 2 aromatic rings. The lowest BCUT2D eigenvalue weighted by Crippen LogP contribution is -2.23. The minimum Gasteiger partial charge on any atom is -0.447 e. The summed E-state index contributed by atoms with van der Waals surface area (Å²) in [7, 11) is 3.52. The molecule has 100 valence electrons. The Balaban J connectivity index is 1.89. The van der Waals surface area contributed by atoms with Crippen LogP contribution in [0.4, 0.5) is 5.69 Å². The van der Waals surface area contributed by atoms with Crippen molar-refractivity contribution in [3.8, 4) is 0 Å². The van der Waals surface area contributed by atoms with Gasteiger partial charge >= 0.3 is 0 Å². The molecule has 1 aromatic carbocycles. The second-order valence-electron chi connectivity index (χ2n) is 4.48. The van der Waals surface area contributed by atoms with Gasteiger partial charge in [-0.2, -0.15) is 0 Å². The van der Waals surface area contributed by atoms with E-state index in [0.29, 0.717) is 13.0 Å². The predicted octanol–water partition coefficient (Wildman–Crippen LogP) is 1.92. The maximum Gasteiger partial charge on any atom is 0.226 e. The van der Waals surface area contributed by atoms with E-state index < -0.39 is 0 Å². The Morgan fingerprint density at radius 2 is 2.05 bits per heavy atom. The van der Waals surface area contributed by atoms with E-state index in [1.807, 2.05) is 24.3 Å². The van der Waals surface area contributed by atoms with Crippen LogP contribution in [0.2, 0.25) is 0 Å². The number of aromatic nitrogens is 1. The van der Waals surface area contributed by atoms with Crippen molar-refractivity contribution in [3.63, 3.8) is 0 Å². The van der Waals surface area contributed by atoms with Gasteiger partial charge in [-0.05, 0) is 17.7 Å². The topological polar surface area (TPSA) is 58.4 Å².